The highest BCUT2D eigenvalue weighted by Gasteiger charge is 2.24. The van der Waals surface area contributed by atoms with E-state index in [2.05, 4.69) is 24.1 Å². The summed E-state index contributed by atoms with van der Waals surface area (Å²) in [7, 11) is 0. The van der Waals surface area contributed by atoms with Gasteiger partial charge in [-0.05, 0) is 24.8 Å². The average Bonchev–Trinajstić information content (AvgIpc) is 2.42. The van der Waals surface area contributed by atoms with Gasteiger partial charge in [-0.3, -0.25) is 4.90 Å². The van der Waals surface area contributed by atoms with E-state index in [4.69, 9.17) is 0 Å². The van der Waals surface area contributed by atoms with Crippen molar-refractivity contribution in [2.45, 2.75) is 32.7 Å². The van der Waals surface area contributed by atoms with Crippen LogP contribution >= 0.6 is 0 Å². The van der Waals surface area contributed by atoms with Crippen LogP contribution in [0, 0.1) is 5.92 Å². The minimum atomic E-state index is 0.120. The quantitative estimate of drug-likeness (QED) is 0.774. The number of nitrogens with one attached hydrogen (secondary N) is 1. The van der Waals surface area contributed by atoms with Gasteiger partial charge in [-0.1, -0.05) is 19.9 Å². The molecule has 1 fully saturated rings. The van der Waals surface area contributed by atoms with Gasteiger partial charge >= 0.3 is 0 Å². The molecule has 112 valence electrons. The Balaban J connectivity index is 2.19. The lowest BCUT2D eigenvalue weighted by molar-refractivity contribution is 0.157. The van der Waals surface area contributed by atoms with Crippen LogP contribution in [-0.2, 0) is 0 Å². The molecule has 0 bridgehead atoms. The van der Waals surface area contributed by atoms with E-state index in [1.807, 2.05) is 6.07 Å². The summed E-state index contributed by atoms with van der Waals surface area (Å²) >= 11 is 0. The summed E-state index contributed by atoms with van der Waals surface area (Å²) in [6, 6.07) is 5.21. The normalized spacial score (nSPS) is 18.4. The van der Waals surface area contributed by atoms with Gasteiger partial charge in [-0.25, -0.2) is 0 Å². The van der Waals surface area contributed by atoms with Gasteiger partial charge in [-0.15, -0.1) is 0 Å². The van der Waals surface area contributed by atoms with Gasteiger partial charge in [0.1, 0.15) is 11.5 Å². The predicted octanol–water partition coefficient (Wildman–Crippen LogP) is 2.48. The Kier molecular flexibility index (Phi) is 5.26. The summed E-state index contributed by atoms with van der Waals surface area (Å²) in [5, 5.41) is 23.0. The molecule has 0 aromatic heterocycles. The lowest BCUT2D eigenvalue weighted by Gasteiger charge is -2.36. The second-order valence-corrected chi connectivity index (χ2v) is 6.02. The second-order valence-electron chi connectivity index (χ2n) is 6.02. The first-order valence-corrected chi connectivity index (χ1v) is 7.54. The van der Waals surface area contributed by atoms with Crippen LogP contribution in [0.4, 0.5) is 0 Å². The minimum Gasteiger partial charge on any atom is -0.508 e. The smallest absolute Gasteiger partial charge is 0.124 e. The summed E-state index contributed by atoms with van der Waals surface area (Å²) < 4.78 is 0. The zero-order chi connectivity index (χ0) is 14.5. The topological polar surface area (TPSA) is 55.7 Å². The Morgan fingerprint density at radius 2 is 1.85 bits per heavy atom. The van der Waals surface area contributed by atoms with Crippen molar-refractivity contribution in [2.75, 3.05) is 26.2 Å². The van der Waals surface area contributed by atoms with Gasteiger partial charge in [-0.2, -0.15) is 0 Å². The highest BCUT2D eigenvalue weighted by molar-refractivity contribution is 5.40. The van der Waals surface area contributed by atoms with Crippen LogP contribution in [0.5, 0.6) is 11.5 Å². The van der Waals surface area contributed by atoms with Crippen molar-refractivity contribution in [3.8, 4) is 11.5 Å². The fourth-order valence-corrected chi connectivity index (χ4v) is 2.83. The Bertz CT molecular complexity index is 428. The second kappa shape index (κ2) is 6.95. The zero-order valence-corrected chi connectivity index (χ0v) is 12.5. The van der Waals surface area contributed by atoms with Crippen molar-refractivity contribution in [2.24, 2.45) is 5.92 Å². The Morgan fingerprint density at radius 1 is 1.15 bits per heavy atom. The van der Waals surface area contributed by atoms with Crippen LogP contribution in [0.2, 0.25) is 0 Å². The van der Waals surface area contributed by atoms with Crippen LogP contribution in [0.3, 0.4) is 0 Å². The van der Waals surface area contributed by atoms with Gasteiger partial charge in [0.15, 0.2) is 0 Å². The van der Waals surface area contributed by atoms with Crippen LogP contribution in [0.25, 0.3) is 0 Å². The molecular formula is C16H26N2O2. The van der Waals surface area contributed by atoms with Crippen molar-refractivity contribution >= 4 is 0 Å². The molecule has 1 heterocycles. The lowest BCUT2D eigenvalue weighted by atomic mass is 9.95. The number of rotatable bonds is 5. The lowest BCUT2D eigenvalue weighted by Crippen LogP contribution is -2.45. The SMILES string of the molecule is CC(C)CC[C@H](c1ccc(O)cc1O)N1CCNCC1. The molecule has 0 amide bonds. The predicted molar refractivity (Wildman–Crippen MR) is 81.0 cm³/mol. The molecule has 1 atom stereocenters. The maximum Gasteiger partial charge on any atom is 0.124 e. The number of phenols is 2. The van der Waals surface area contributed by atoms with Gasteiger partial charge in [0.25, 0.3) is 0 Å². The number of piperazine rings is 1. The van der Waals surface area contributed by atoms with Gasteiger partial charge in [0.2, 0.25) is 0 Å². The molecule has 1 saturated heterocycles. The fourth-order valence-electron chi connectivity index (χ4n) is 2.83. The largest absolute Gasteiger partial charge is 0.508 e. The van der Waals surface area contributed by atoms with Gasteiger partial charge < -0.3 is 15.5 Å². The molecule has 0 saturated carbocycles. The van der Waals surface area contributed by atoms with Crippen molar-refractivity contribution in [1.82, 2.24) is 10.2 Å². The van der Waals surface area contributed by atoms with E-state index in [0.717, 1.165) is 44.6 Å². The Labute approximate surface area is 121 Å². The number of hydrogen-bond donors (Lipinski definition) is 3. The van der Waals surface area contributed by atoms with E-state index >= 15 is 0 Å². The van der Waals surface area contributed by atoms with Crippen molar-refractivity contribution in [3.05, 3.63) is 23.8 Å². The number of hydrogen-bond acceptors (Lipinski definition) is 4. The highest BCUT2D eigenvalue weighted by atomic mass is 16.3. The van der Waals surface area contributed by atoms with E-state index in [-0.39, 0.29) is 17.5 Å². The van der Waals surface area contributed by atoms with Crippen LogP contribution in [0.1, 0.15) is 38.3 Å². The number of aromatic hydroxyl groups is 2. The summed E-state index contributed by atoms with van der Waals surface area (Å²) in [5.41, 5.74) is 0.936. The van der Waals surface area contributed by atoms with Crippen LogP contribution in [-0.4, -0.2) is 41.3 Å². The number of benzene rings is 1. The van der Waals surface area contributed by atoms with Crippen molar-refractivity contribution in [3.63, 3.8) is 0 Å². The Hall–Kier alpha value is -1.26. The highest BCUT2D eigenvalue weighted by Crippen LogP contribution is 2.35. The number of nitrogens with zero attached hydrogens (tertiary/aromatic N) is 1. The third-order valence-electron chi connectivity index (χ3n) is 3.98. The molecule has 0 aliphatic carbocycles. The molecule has 20 heavy (non-hydrogen) atoms. The molecule has 1 aromatic carbocycles. The third-order valence-corrected chi connectivity index (χ3v) is 3.98. The standard InChI is InChI=1S/C16H26N2O2/c1-12(2)3-6-15(18-9-7-17-8-10-18)14-5-4-13(19)11-16(14)20/h4-5,11-12,15,17,19-20H,3,6-10H2,1-2H3/t15-/m1/s1. The first kappa shape index (κ1) is 15.1. The molecule has 0 unspecified atom stereocenters. The van der Waals surface area contributed by atoms with E-state index in [9.17, 15) is 10.2 Å². The summed E-state index contributed by atoms with van der Waals surface area (Å²) in [5.74, 6) is 0.978. The van der Waals surface area contributed by atoms with Gasteiger partial charge in [0.05, 0.1) is 0 Å². The van der Waals surface area contributed by atoms with E-state index < -0.39 is 0 Å². The van der Waals surface area contributed by atoms with Crippen molar-refractivity contribution < 1.29 is 10.2 Å². The minimum absolute atomic E-state index is 0.120. The molecular weight excluding hydrogens is 252 g/mol. The Morgan fingerprint density at radius 3 is 2.45 bits per heavy atom. The molecule has 1 aromatic rings. The molecule has 0 spiro atoms. The molecule has 1 aliphatic heterocycles. The summed E-state index contributed by atoms with van der Waals surface area (Å²) in [6.07, 6.45) is 2.17. The van der Waals surface area contributed by atoms with E-state index in [1.165, 1.54) is 6.07 Å². The van der Waals surface area contributed by atoms with E-state index in [1.54, 1.807) is 6.07 Å². The summed E-state index contributed by atoms with van der Waals surface area (Å²) in [4.78, 5) is 2.44. The maximum atomic E-state index is 10.2. The molecule has 4 nitrogen and oxygen atoms in total. The van der Waals surface area contributed by atoms with Gasteiger partial charge in [0, 0.05) is 43.9 Å². The number of phenolic OH excluding ortho intramolecular Hbond substituents is 2. The van der Waals surface area contributed by atoms with Crippen molar-refractivity contribution in [1.29, 1.82) is 0 Å². The third kappa shape index (κ3) is 3.87. The molecule has 2 rings (SSSR count). The monoisotopic (exact) mass is 278 g/mol. The maximum absolute atomic E-state index is 10.2. The first-order valence-electron chi connectivity index (χ1n) is 7.54. The molecule has 0 radical (unpaired) electrons. The molecule has 1 aliphatic rings. The molecule has 3 N–H and O–H groups in total. The average molecular weight is 278 g/mol. The fraction of sp³-hybridized carbons (Fsp3) is 0.625. The zero-order valence-electron chi connectivity index (χ0n) is 12.5. The molecule has 4 heteroatoms. The first-order chi connectivity index (χ1) is 9.58. The van der Waals surface area contributed by atoms with Crippen LogP contribution in [0.15, 0.2) is 18.2 Å². The summed E-state index contributed by atoms with van der Waals surface area (Å²) in [6.45, 7) is 8.46. The van der Waals surface area contributed by atoms with E-state index in [0.29, 0.717) is 5.92 Å². The van der Waals surface area contributed by atoms with Crippen LogP contribution < -0.4 is 5.32 Å².